The van der Waals surface area contributed by atoms with Crippen LogP contribution >= 0.6 is 46.4 Å². The van der Waals surface area contributed by atoms with Crippen LogP contribution < -0.4 is 20.1 Å². The summed E-state index contributed by atoms with van der Waals surface area (Å²) in [7, 11) is 0. The van der Waals surface area contributed by atoms with Gasteiger partial charge in [0, 0.05) is 23.1 Å². The maximum absolute atomic E-state index is 12.2. The lowest BCUT2D eigenvalue weighted by atomic mass is 10.3. The lowest BCUT2D eigenvalue weighted by molar-refractivity contribution is -0.127. The van der Waals surface area contributed by atoms with Crippen molar-refractivity contribution in [2.45, 2.75) is 32.5 Å². The van der Waals surface area contributed by atoms with E-state index in [0.717, 1.165) is 0 Å². The van der Waals surface area contributed by atoms with Gasteiger partial charge in [-0.1, -0.05) is 46.4 Å². The molecule has 0 aromatic heterocycles. The molecule has 2 aromatic rings. The average Bonchev–Trinajstić information content (AvgIpc) is 2.71. The second-order valence-electron chi connectivity index (χ2n) is 6.61. The fraction of sp³-hybridized carbons (Fsp3) is 0.333. The topological polar surface area (TPSA) is 76.7 Å². The Morgan fingerprint density at radius 1 is 0.774 bits per heavy atom. The Morgan fingerprint density at radius 3 is 1.52 bits per heavy atom. The quantitative estimate of drug-likeness (QED) is 0.435. The minimum atomic E-state index is -0.745. The van der Waals surface area contributed by atoms with Gasteiger partial charge < -0.3 is 20.1 Å². The van der Waals surface area contributed by atoms with E-state index in [1.54, 1.807) is 38.1 Å². The molecule has 0 aliphatic heterocycles. The Bertz CT molecular complexity index is 853. The molecule has 2 N–H and O–H groups in total. The summed E-state index contributed by atoms with van der Waals surface area (Å²) < 4.78 is 11.1. The predicted octanol–water partition coefficient (Wildman–Crippen LogP) is 5.16. The molecule has 0 saturated heterocycles. The summed E-state index contributed by atoms with van der Waals surface area (Å²) in [5.41, 5.74) is 0. The summed E-state index contributed by atoms with van der Waals surface area (Å²) in [4.78, 5) is 24.3. The molecule has 2 atom stereocenters. The van der Waals surface area contributed by atoms with Crippen LogP contribution in [0, 0.1) is 0 Å². The molecule has 0 aliphatic carbocycles. The number of carbonyl (C=O) groups excluding carboxylic acids is 2. The van der Waals surface area contributed by atoms with Crippen molar-refractivity contribution in [3.63, 3.8) is 0 Å². The maximum atomic E-state index is 12.2. The van der Waals surface area contributed by atoms with Crippen molar-refractivity contribution in [3.05, 3.63) is 56.5 Å². The zero-order valence-electron chi connectivity index (χ0n) is 16.9. The SMILES string of the molecule is C[C@H](Oc1ccc(Cl)cc1Cl)C(=O)NCCCNC(=O)[C@@H](C)Oc1ccc(Cl)cc1Cl. The molecule has 0 radical (unpaired) electrons. The van der Waals surface area contributed by atoms with E-state index in [1.165, 1.54) is 12.1 Å². The summed E-state index contributed by atoms with van der Waals surface area (Å²) >= 11 is 23.8. The van der Waals surface area contributed by atoms with Crippen LogP contribution in [-0.4, -0.2) is 37.1 Å². The zero-order valence-corrected chi connectivity index (χ0v) is 19.9. The van der Waals surface area contributed by atoms with Crippen molar-refractivity contribution in [2.75, 3.05) is 13.1 Å². The Labute approximate surface area is 201 Å². The van der Waals surface area contributed by atoms with Gasteiger partial charge >= 0.3 is 0 Å². The number of halogens is 4. The van der Waals surface area contributed by atoms with Gasteiger partial charge in [0.15, 0.2) is 12.2 Å². The first-order valence-corrected chi connectivity index (χ1v) is 11.0. The van der Waals surface area contributed by atoms with Gasteiger partial charge in [-0.3, -0.25) is 9.59 Å². The van der Waals surface area contributed by atoms with Crippen molar-refractivity contribution < 1.29 is 19.1 Å². The Kier molecular flexibility index (Phi) is 10.0. The zero-order chi connectivity index (χ0) is 23.0. The summed E-state index contributed by atoms with van der Waals surface area (Å²) in [6, 6.07) is 9.53. The van der Waals surface area contributed by atoms with E-state index in [0.29, 0.717) is 51.1 Å². The lowest BCUT2D eigenvalue weighted by Gasteiger charge is -2.17. The Hall–Kier alpha value is -1.86. The molecular weight excluding hydrogens is 486 g/mol. The molecule has 0 aliphatic rings. The average molecular weight is 508 g/mol. The number of hydrogen-bond acceptors (Lipinski definition) is 4. The number of hydrogen-bond donors (Lipinski definition) is 2. The highest BCUT2D eigenvalue weighted by Crippen LogP contribution is 2.29. The molecular formula is C21H22Cl4N2O4. The van der Waals surface area contributed by atoms with Crippen molar-refractivity contribution in [1.82, 2.24) is 10.6 Å². The second-order valence-corrected chi connectivity index (χ2v) is 8.29. The highest BCUT2D eigenvalue weighted by molar-refractivity contribution is 6.36. The van der Waals surface area contributed by atoms with Gasteiger partial charge in [0.05, 0.1) is 10.0 Å². The maximum Gasteiger partial charge on any atom is 0.260 e. The Morgan fingerprint density at radius 2 is 1.16 bits per heavy atom. The van der Waals surface area contributed by atoms with Gasteiger partial charge in [0.2, 0.25) is 0 Å². The molecule has 168 valence electrons. The molecule has 10 heteroatoms. The molecule has 0 heterocycles. The first-order chi connectivity index (χ1) is 14.7. The van der Waals surface area contributed by atoms with E-state index < -0.39 is 12.2 Å². The Balaban J connectivity index is 1.67. The van der Waals surface area contributed by atoms with E-state index in [4.69, 9.17) is 55.9 Å². The van der Waals surface area contributed by atoms with Crippen LogP contribution in [0.15, 0.2) is 36.4 Å². The molecule has 0 spiro atoms. The van der Waals surface area contributed by atoms with E-state index in [2.05, 4.69) is 10.6 Å². The fourth-order valence-electron chi connectivity index (χ4n) is 2.43. The highest BCUT2D eigenvalue weighted by atomic mass is 35.5. The summed E-state index contributed by atoms with van der Waals surface area (Å²) in [6.45, 7) is 3.95. The third-order valence-corrected chi connectivity index (χ3v) is 5.15. The van der Waals surface area contributed by atoms with Gasteiger partial charge in [-0.05, 0) is 56.7 Å². The second kappa shape index (κ2) is 12.2. The molecule has 6 nitrogen and oxygen atoms in total. The monoisotopic (exact) mass is 506 g/mol. The molecule has 2 amide bonds. The number of amides is 2. The highest BCUT2D eigenvalue weighted by Gasteiger charge is 2.17. The largest absolute Gasteiger partial charge is 0.479 e. The number of ether oxygens (including phenoxy) is 2. The number of benzene rings is 2. The van der Waals surface area contributed by atoms with Crippen molar-refractivity contribution in [1.29, 1.82) is 0 Å². The van der Waals surface area contributed by atoms with Crippen LogP contribution in [-0.2, 0) is 9.59 Å². The summed E-state index contributed by atoms with van der Waals surface area (Å²) in [5, 5.41) is 7.10. The third kappa shape index (κ3) is 8.30. The molecule has 0 fully saturated rings. The number of rotatable bonds is 10. The minimum Gasteiger partial charge on any atom is -0.479 e. The van der Waals surface area contributed by atoms with Gasteiger partial charge in [0.1, 0.15) is 11.5 Å². The van der Waals surface area contributed by atoms with Crippen LogP contribution in [0.1, 0.15) is 20.3 Å². The van der Waals surface area contributed by atoms with Crippen LogP contribution in [0.25, 0.3) is 0 Å². The van der Waals surface area contributed by atoms with Crippen LogP contribution in [0.5, 0.6) is 11.5 Å². The number of carbonyl (C=O) groups is 2. The first kappa shape index (κ1) is 25.4. The van der Waals surface area contributed by atoms with Gasteiger partial charge in [-0.25, -0.2) is 0 Å². The first-order valence-electron chi connectivity index (χ1n) is 9.46. The van der Waals surface area contributed by atoms with Crippen LogP contribution in [0.2, 0.25) is 20.1 Å². The molecule has 0 bridgehead atoms. The lowest BCUT2D eigenvalue weighted by Crippen LogP contribution is -2.40. The molecule has 0 unspecified atom stereocenters. The van der Waals surface area contributed by atoms with Crippen molar-refractivity contribution in [2.24, 2.45) is 0 Å². The predicted molar refractivity (Wildman–Crippen MR) is 124 cm³/mol. The molecule has 2 rings (SSSR count). The number of nitrogens with one attached hydrogen (secondary N) is 2. The van der Waals surface area contributed by atoms with E-state index in [1.807, 2.05) is 0 Å². The van der Waals surface area contributed by atoms with Crippen LogP contribution in [0.3, 0.4) is 0 Å². The smallest absolute Gasteiger partial charge is 0.260 e. The normalized spacial score (nSPS) is 12.6. The van der Waals surface area contributed by atoms with Crippen LogP contribution in [0.4, 0.5) is 0 Å². The van der Waals surface area contributed by atoms with E-state index in [-0.39, 0.29) is 11.8 Å². The van der Waals surface area contributed by atoms with Gasteiger partial charge in [0.25, 0.3) is 11.8 Å². The van der Waals surface area contributed by atoms with Crippen molar-refractivity contribution >= 4 is 58.2 Å². The van der Waals surface area contributed by atoms with E-state index in [9.17, 15) is 9.59 Å². The van der Waals surface area contributed by atoms with Gasteiger partial charge in [-0.2, -0.15) is 0 Å². The van der Waals surface area contributed by atoms with E-state index >= 15 is 0 Å². The third-order valence-electron chi connectivity index (χ3n) is 4.09. The minimum absolute atomic E-state index is 0.300. The summed E-state index contributed by atoms with van der Waals surface area (Å²) in [6.07, 6.45) is -0.961. The van der Waals surface area contributed by atoms with Gasteiger partial charge in [-0.15, -0.1) is 0 Å². The molecule has 31 heavy (non-hydrogen) atoms. The summed E-state index contributed by atoms with van der Waals surface area (Å²) in [5.74, 6) is 0.143. The molecule has 0 saturated carbocycles. The molecule has 2 aromatic carbocycles. The van der Waals surface area contributed by atoms with Crippen molar-refractivity contribution in [3.8, 4) is 11.5 Å². The fourth-order valence-corrected chi connectivity index (χ4v) is 3.33. The standard InChI is InChI=1S/C21H22Cl4N2O4/c1-12(30-18-6-4-14(22)10-16(18)24)20(28)26-8-3-9-27-21(29)13(2)31-19-7-5-15(23)11-17(19)25/h4-7,10-13H,3,8-9H2,1-2H3,(H,26,28)(H,27,29)/t12-,13+.